The number of rotatable bonds is 4. The molecule has 0 saturated heterocycles. The van der Waals surface area contributed by atoms with Crippen LogP contribution in [-0.4, -0.2) is 44.4 Å². The maximum absolute atomic E-state index is 12.0. The lowest BCUT2D eigenvalue weighted by atomic mass is 9.88. The normalized spacial score (nSPS) is 15.7. The van der Waals surface area contributed by atoms with E-state index in [4.69, 9.17) is 19.2 Å². The van der Waals surface area contributed by atoms with Gasteiger partial charge in [0.05, 0.1) is 30.7 Å². The van der Waals surface area contributed by atoms with Crippen molar-refractivity contribution in [2.24, 2.45) is 0 Å². The number of aromatic nitrogens is 1. The topological polar surface area (TPSA) is 148 Å². The van der Waals surface area contributed by atoms with Crippen LogP contribution >= 0.6 is 0 Å². The predicted octanol–water partition coefficient (Wildman–Crippen LogP) is 1.54. The summed E-state index contributed by atoms with van der Waals surface area (Å²) in [4.78, 5) is 20.4. The Morgan fingerprint density at radius 2 is 2.07 bits per heavy atom. The number of sulfonamides is 1. The van der Waals surface area contributed by atoms with Crippen LogP contribution in [0.3, 0.4) is 0 Å². The molecule has 0 bridgehead atoms. The molecule has 27 heavy (non-hydrogen) atoms. The number of anilines is 2. The smallest absolute Gasteiger partial charge is 0.290 e. The number of aryl methyl sites for hydroxylation is 1. The highest BCUT2D eigenvalue weighted by Gasteiger charge is 2.31. The summed E-state index contributed by atoms with van der Waals surface area (Å²) in [5, 5.41) is 13.5. The average molecular weight is 397 g/mol. The van der Waals surface area contributed by atoms with Gasteiger partial charge in [-0.05, 0) is 24.6 Å². The Morgan fingerprint density at radius 3 is 2.59 bits per heavy atom. The summed E-state index contributed by atoms with van der Waals surface area (Å²) in [7, 11) is -2.03. The third kappa shape index (κ3) is 4.97. The number of nitrogens with zero attached hydrogens (tertiary/aromatic N) is 1. The predicted molar refractivity (Wildman–Crippen MR) is 96.5 cm³/mol. The van der Waals surface area contributed by atoms with E-state index in [-0.39, 0.29) is 30.4 Å². The molecule has 1 aliphatic heterocycles. The fourth-order valence-electron chi connectivity index (χ4n) is 2.74. The summed E-state index contributed by atoms with van der Waals surface area (Å²) < 4.78 is 36.0. The number of nitrogens with one attached hydrogen (secondary N) is 2. The minimum atomic E-state index is -3.48. The van der Waals surface area contributed by atoms with E-state index in [1.165, 1.54) is 7.11 Å². The molecule has 0 spiro atoms. The zero-order chi connectivity index (χ0) is 20.2. The summed E-state index contributed by atoms with van der Waals surface area (Å²) in [5.74, 6) is 0.444. The molecule has 11 heteroatoms. The lowest BCUT2D eigenvalue weighted by Gasteiger charge is -2.25. The number of carbonyl (C=O) groups excluding carboxylic acids is 1. The fraction of sp³-hybridized carbons (Fsp3) is 0.312. The van der Waals surface area contributed by atoms with Crippen molar-refractivity contribution >= 4 is 33.8 Å². The number of carbonyl (C=O) groups is 2. The van der Waals surface area contributed by atoms with Crippen LogP contribution in [0.15, 0.2) is 22.7 Å². The van der Waals surface area contributed by atoms with Crippen LogP contribution in [0.2, 0.25) is 0 Å². The van der Waals surface area contributed by atoms with Gasteiger partial charge in [-0.1, -0.05) is 5.16 Å². The number of hydrogen-bond donors (Lipinski definition) is 3. The second-order valence-electron chi connectivity index (χ2n) is 5.79. The Hall–Kier alpha value is -3.08. The Labute approximate surface area is 155 Å². The van der Waals surface area contributed by atoms with E-state index in [0.29, 0.717) is 17.2 Å². The van der Waals surface area contributed by atoms with Gasteiger partial charge in [0.15, 0.2) is 0 Å². The second kappa shape index (κ2) is 8.08. The van der Waals surface area contributed by atoms with Crippen molar-refractivity contribution in [2.45, 2.75) is 19.3 Å². The molecule has 1 unspecified atom stereocenters. The third-order valence-electron chi connectivity index (χ3n) is 3.70. The Bertz CT molecular complexity index is 953. The lowest BCUT2D eigenvalue weighted by Crippen LogP contribution is -2.24. The number of carboxylic acid groups (broad SMARTS) is 1. The molecule has 0 radical (unpaired) electrons. The molecule has 1 aromatic carbocycles. The number of hydrogen-bond acceptors (Lipinski definition) is 7. The van der Waals surface area contributed by atoms with Gasteiger partial charge < -0.3 is 19.7 Å². The fourth-order valence-corrected chi connectivity index (χ4v) is 3.30. The van der Waals surface area contributed by atoms with Crippen LogP contribution in [0.1, 0.15) is 29.4 Å². The Kier molecular flexibility index (Phi) is 6.05. The van der Waals surface area contributed by atoms with Gasteiger partial charge in [-0.25, -0.2) is 8.42 Å². The molecule has 1 amide bonds. The first-order valence-electron chi connectivity index (χ1n) is 7.69. The van der Waals surface area contributed by atoms with Gasteiger partial charge in [-0.3, -0.25) is 14.3 Å². The van der Waals surface area contributed by atoms with Gasteiger partial charge in [-0.15, -0.1) is 0 Å². The molecule has 0 saturated carbocycles. The van der Waals surface area contributed by atoms with E-state index in [2.05, 4.69) is 15.2 Å². The van der Waals surface area contributed by atoms with Crippen LogP contribution in [0.25, 0.3) is 0 Å². The number of fused-ring (bicyclic) bond motifs is 1. The van der Waals surface area contributed by atoms with E-state index in [1.807, 2.05) is 0 Å². The van der Waals surface area contributed by atoms with Crippen molar-refractivity contribution in [3.8, 4) is 5.75 Å². The van der Waals surface area contributed by atoms with Gasteiger partial charge in [0.1, 0.15) is 11.5 Å². The van der Waals surface area contributed by atoms with E-state index >= 15 is 0 Å². The number of benzene rings is 1. The van der Waals surface area contributed by atoms with Gasteiger partial charge in [0.25, 0.3) is 6.47 Å². The van der Waals surface area contributed by atoms with E-state index in [1.54, 1.807) is 25.1 Å². The molecule has 3 rings (SSSR count). The van der Waals surface area contributed by atoms with Crippen LogP contribution in [0, 0.1) is 6.92 Å². The highest BCUT2D eigenvalue weighted by atomic mass is 32.2. The van der Waals surface area contributed by atoms with Gasteiger partial charge in [-0.2, -0.15) is 0 Å². The summed E-state index contributed by atoms with van der Waals surface area (Å²) in [6.07, 6.45) is 1.26. The summed E-state index contributed by atoms with van der Waals surface area (Å²) >= 11 is 0. The minimum Gasteiger partial charge on any atom is -0.495 e. The molecule has 3 N–H and O–H groups in total. The maximum Gasteiger partial charge on any atom is 0.290 e. The minimum absolute atomic E-state index is 0.183. The van der Waals surface area contributed by atoms with Crippen molar-refractivity contribution in [3.63, 3.8) is 0 Å². The Morgan fingerprint density at radius 1 is 1.41 bits per heavy atom. The van der Waals surface area contributed by atoms with Crippen LogP contribution < -0.4 is 14.8 Å². The molecule has 1 aliphatic rings. The summed E-state index contributed by atoms with van der Waals surface area (Å²) in [6, 6.07) is 5.02. The van der Waals surface area contributed by atoms with Crippen molar-refractivity contribution in [2.75, 3.05) is 23.4 Å². The standard InChI is InChI=1S/C15H17N3O5S.CH2O2/c1-8-4-13(23-17-8)10-6-15(19)16-11-7-12(18-24(3,20)21)14(22-2)5-9(10)11;2-1-3/h4-5,7,10,18H,6H2,1-3H3,(H,16,19);1H,(H,2,3). The quantitative estimate of drug-likeness (QED) is 0.658. The molecule has 0 fully saturated rings. The lowest BCUT2D eigenvalue weighted by molar-refractivity contribution is -0.123. The Balaban J connectivity index is 0.000000817. The first-order chi connectivity index (χ1) is 12.7. The largest absolute Gasteiger partial charge is 0.495 e. The molecule has 2 aromatic rings. The molecule has 1 aromatic heterocycles. The van der Waals surface area contributed by atoms with Gasteiger partial charge in [0.2, 0.25) is 15.9 Å². The van der Waals surface area contributed by atoms with E-state index in [0.717, 1.165) is 17.5 Å². The summed E-state index contributed by atoms with van der Waals surface area (Å²) in [6.45, 7) is 1.55. The first kappa shape index (κ1) is 20.2. The third-order valence-corrected chi connectivity index (χ3v) is 4.29. The number of methoxy groups -OCH3 is 1. The van der Waals surface area contributed by atoms with Crippen molar-refractivity contribution in [1.29, 1.82) is 0 Å². The van der Waals surface area contributed by atoms with Crippen molar-refractivity contribution in [1.82, 2.24) is 5.16 Å². The molecular weight excluding hydrogens is 378 g/mol. The highest BCUT2D eigenvalue weighted by molar-refractivity contribution is 7.92. The zero-order valence-corrected chi connectivity index (χ0v) is 15.7. The molecule has 2 heterocycles. The monoisotopic (exact) mass is 397 g/mol. The first-order valence-corrected chi connectivity index (χ1v) is 9.58. The molecule has 0 aliphatic carbocycles. The molecule has 146 valence electrons. The second-order valence-corrected chi connectivity index (χ2v) is 7.54. The SMILES string of the molecule is COc1cc2c(cc1NS(C)(=O)=O)NC(=O)CC2c1cc(C)no1.O=CO. The summed E-state index contributed by atoms with van der Waals surface area (Å²) in [5.41, 5.74) is 2.27. The van der Waals surface area contributed by atoms with Crippen LogP contribution in [-0.2, 0) is 19.6 Å². The molecule has 1 atom stereocenters. The molecule has 10 nitrogen and oxygen atoms in total. The molecular formula is C16H19N3O7S. The van der Waals surface area contributed by atoms with Crippen LogP contribution in [0.4, 0.5) is 11.4 Å². The van der Waals surface area contributed by atoms with Gasteiger partial charge in [0, 0.05) is 18.2 Å². The number of amides is 1. The number of ether oxygens (including phenoxy) is 1. The zero-order valence-electron chi connectivity index (χ0n) is 14.8. The van der Waals surface area contributed by atoms with Crippen LogP contribution in [0.5, 0.6) is 5.75 Å². The maximum atomic E-state index is 12.0. The van der Waals surface area contributed by atoms with Crippen molar-refractivity contribution < 1.29 is 32.4 Å². The van der Waals surface area contributed by atoms with E-state index < -0.39 is 10.0 Å². The van der Waals surface area contributed by atoms with Crippen molar-refractivity contribution in [3.05, 3.63) is 35.2 Å². The average Bonchev–Trinajstić information content (AvgIpc) is 2.99. The van der Waals surface area contributed by atoms with Gasteiger partial charge >= 0.3 is 0 Å². The highest BCUT2D eigenvalue weighted by Crippen LogP contribution is 2.42. The van der Waals surface area contributed by atoms with E-state index in [9.17, 15) is 13.2 Å².